The minimum Gasteiger partial charge on any atom is -0.492 e. The summed E-state index contributed by atoms with van der Waals surface area (Å²) < 4.78 is 6.69. The Labute approximate surface area is 124 Å². The zero-order valence-electron chi connectivity index (χ0n) is 11.6. The van der Waals surface area contributed by atoms with Gasteiger partial charge in [0.15, 0.2) is 0 Å². The maximum atomic E-state index is 8.98. The second-order valence-corrected chi connectivity index (χ2v) is 5.59. The molecule has 0 spiro atoms. The van der Waals surface area contributed by atoms with E-state index in [1.165, 1.54) is 12.8 Å². The maximum absolute atomic E-state index is 8.98. The normalized spacial score (nSPS) is 12.4. The fourth-order valence-electron chi connectivity index (χ4n) is 2.02. The fourth-order valence-corrected chi connectivity index (χ4v) is 2.28. The van der Waals surface area contributed by atoms with Gasteiger partial charge in [-0.05, 0) is 49.6 Å². The van der Waals surface area contributed by atoms with Gasteiger partial charge in [-0.2, -0.15) is 0 Å². The molecule has 1 unspecified atom stereocenters. The highest BCUT2D eigenvalue weighted by atomic mass is 79.9. The van der Waals surface area contributed by atoms with Gasteiger partial charge in [-0.1, -0.05) is 29.3 Å². The zero-order chi connectivity index (χ0) is 13.9. The van der Waals surface area contributed by atoms with Crippen molar-refractivity contribution in [1.29, 1.82) is 0 Å². The maximum Gasteiger partial charge on any atom is 0.119 e. The lowest BCUT2D eigenvalue weighted by Gasteiger charge is -2.15. The highest BCUT2D eigenvalue weighted by molar-refractivity contribution is 9.10. The quantitative estimate of drug-likeness (QED) is 0.647. The largest absolute Gasteiger partial charge is 0.492 e. The van der Waals surface area contributed by atoms with Crippen LogP contribution < -0.4 is 10.1 Å². The molecule has 0 amide bonds. The summed E-state index contributed by atoms with van der Waals surface area (Å²) >= 11 is 3.40. The average molecular weight is 330 g/mol. The number of aliphatic hydroxyl groups excluding tert-OH is 1. The Morgan fingerprint density at radius 2 is 2.00 bits per heavy atom. The molecular weight excluding hydrogens is 306 g/mol. The van der Waals surface area contributed by atoms with E-state index in [1.54, 1.807) is 0 Å². The molecule has 1 aromatic carbocycles. The molecule has 1 aromatic rings. The smallest absolute Gasteiger partial charge is 0.119 e. The zero-order valence-corrected chi connectivity index (χ0v) is 13.2. The van der Waals surface area contributed by atoms with Crippen molar-refractivity contribution in [3.05, 3.63) is 28.7 Å². The lowest BCUT2D eigenvalue weighted by molar-refractivity contribution is 0.244. The van der Waals surface area contributed by atoms with Gasteiger partial charge in [0, 0.05) is 17.6 Å². The summed E-state index contributed by atoms with van der Waals surface area (Å²) in [4.78, 5) is 0. The summed E-state index contributed by atoms with van der Waals surface area (Å²) in [5.41, 5.74) is 0. The Morgan fingerprint density at radius 1 is 1.26 bits per heavy atom. The van der Waals surface area contributed by atoms with Crippen molar-refractivity contribution in [3.63, 3.8) is 0 Å². The second-order valence-electron chi connectivity index (χ2n) is 4.67. The molecule has 19 heavy (non-hydrogen) atoms. The highest BCUT2D eigenvalue weighted by Crippen LogP contribution is 2.15. The Kier molecular flexibility index (Phi) is 8.88. The van der Waals surface area contributed by atoms with Gasteiger partial charge in [-0.25, -0.2) is 0 Å². The molecule has 0 aliphatic heterocycles. The summed E-state index contributed by atoms with van der Waals surface area (Å²) in [7, 11) is 0. The number of nitrogens with one attached hydrogen (secondary N) is 1. The summed E-state index contributed by atoms with van der Waals surface area (Å²) in [5, 5.41) is 12.4. The van der Waals surface area contributed by atoms with Gasteiger partial charge in [0.25, 0.3) is 0 Å². The van der Waals surface area contributed by atoms with Crippen LogP contribution in [0.5, 0.6) is 5.75 Å². The lowest BCUT2D eigenvalue weighted by Crippen LogP contribution is -2.27. The minimum absolute atomic E-state index is 0.280. The van der Waals surface area contributed by atoms with E-state index in [0.717, 1.165) is 29.7 Å². The van der Waals surface area contributed by atoms with Crippen LogP contribution in [-0.4, -0.2) is 31.4 Å². The monoisotopic (exact) mass is 329 g/mol. The van der Waals surface area contributed by atoms with Gasteiger partial charge >= 0.3 is 0 Å². The molecule has 0 saturated carbocycles. The molecule has 108 valence electrons. The summed E-state index contributed by atoms with van der Waals surface area (Å²) in [5.74, 6) is 1.47. The predicted octanol–water partition coefficient (Wildman–Crippen LogP) is 3.22. The molecule has 3 nitrogen and oxygen atoms in total. The van der Waals surface area contributed by atoms with Crippen molar-refractivity contribution < 1.29 is 9.84 Å². The van der Waals surface area contributed by atoms with Crippen LogP contribution in [0.1, 0.15) is 26.2 Å². The van der Waals surface area contributed by atoms with Gasteiger partial charge < -0.3 is 15.2 Å². The van der Waals surface area contributed by atoms with E-state index in [9.17, 15) is 0 Å². The Bertz CT molecular complexity index is 323. The van der Waals surface area contributed by atoms with Crippen LogP contribution >= 0.6 is 15.9 Å². The number of aliphatic hydroxyl groups is 1. The fraction of sp³-hybridized carbons (Fsp3) is 0.600. The van der Waals surface area contributed by atoms with E-state index < -0.39 is 0 Å². The Morgan fingerprint density at radius 3 is 2.63 bits per heavy atom. The molecule has 0 radical (unpaired) electrons. The predicted molar refractivity (Wildman–Crippen MR) is 82.6 cm³/mol. The van der Waals surface area contributed by atoms with Crippen molar-refractivity contribution in [1.82, 2.24) is 5.32 Å². The first-order chi connectivity index (χ1) is 9.26. The van der Waals surface area contributed by atoms with Crippen LogP contribution in [-0.2, 0) is 0 Å². The first-order valence-electron chi connectivity index (χ1n) is 6.96. The van der Waals surface area contributed by atoms with Crippen LogP contribution in [0.2, 0.25) is 0 Å². The average Bonchev–Trinajstić information content (AvgIpc) is 2.41. The lowest BCUT2D eigenvalue weighted by atomic mass is 10.0. The molecule has 1 atom stereocenters. The number of hydrogen-bond donors (Lipinski definition) is 2. The van der Waals surface area contributed by atoms with Crippen LogP contribution in [0.3, 0.4) is 0 Å². The van der Waals surface area contributed by atoms with E-state index in [2.05, 4.69) is 28.2 Å². The summed E-state index contributed by atoms with van der Waals surface area (Å²) in [6.45, 7) is 4.92. The highest BCUT2D eigenvalue weighted by Gasteiger charge is 2.06. The van der Waals surface area contributed by atoms with Crippen molar-refractivity contribution >= 4 is 15.9 Å². The van der Waals surface area contributed by atoms with E-state index in [-0.39, 0.29) is 6.61 Å². The number of hydrogen-bond acceptors (Lipinski definition) is 3. The molecule has 0 bridgehead atoms. The van der Waals surface area contributed by atoms with E-state index in [4.69, 9.17) is 9.84 Å². The van der Waals surface area contributed by atoms with E-state index >= 15 is 0 Å². The van der Waals surface area contributed by atoms with Crippen LogP contribution in [0.15, 0.2) is 28.7 Å². The molecule has 2 N–H and O–H groups in total. The van der Waals surface area contributed by atoms with Gasteiger partial charge in [0.2, 0.25) is 0 Å². The Balaban J connectivity index is 2.11. The molecule has 0 aliphatic rings. The topological polar surface area (TPSA) is 41.5 Å². The summed E-state index contributed by atoms with van der Waals surface area (Å²) in [6, 6.07) is 7.86. The second kappa shape index (κ2) is 10.2. The van der Waals surface area contributed by atoms with Crippen LogP contribution in [0, 0.1) is 5.92 Å². The molecule has 4 heteroatoms. The van der Waals surface area contributed by atoms with Crippen LogP contribution in [0.4, 0.5) is 0 Å². The number of benzene rings is 1. The SMILES string of the molecule is CCCC(CCO)CNCCOc1ccc(Br)cc1. The number of halogens is 1. The van der Waals surface area contributed by atoms with Gasteiger partial charge in [-0.15, -0.1) is 0 Å². The van der Waals surface area contributed by atoms with Crippen molar-refractivity contribution in [2.75, 3.05) is 26.3 Å². The third-order valence-electron chi connectivity index (χ3n) is 3.03. The first kappa shape index (κ1) is 16.5. The van der Waals surface area contributed by atoms with Crippen molar-refractivity contribution in [2.45, 2.75) is 26.2 Å². The molecule has 0 aromatic heterocycles. The minimum atomic E-state index is 0.280. The van der Waals surface area contributed by atoms with Gasteiger partial charge in [0.05, 0.1) is 0 Å². The van der Waals surface area contributed by atoms with E-state index in [0.29, 0.717) is 12.5 Å². The molecule has 0 heterocycles. The molecule has 0 fully saturated rings. The number of ether oxygens (including phenoxy) is 1. The molecule has 1 rings (SSSR count). The first-order valence-corrected chi connectivity index (χ1v) is 7.75. The van der Waals surface area contributed by atoms with Gasteiger partial charge in [-0.3, -0.25) is 0 Å². The third-order valence-corrected chi connectivity index (χ3v) is 3.56. The van der Waals surface area contributed by atoms with Crippen molar-refractivity contribution in [3.8, 4) is 5.75 Å². The molecule has 0 aliphatic carbocycles. The number of rotatable bonds is 10. The molecule has 0 saturated heterocycles. The summed E-state index contributed by atoms with van der Waals surface area (Å²) in [6.07, 6.45) is 3.22. The standard InChI is InChI=1S/C15H24BrNO2/c1-2-3-13(8-10-18)12-17-9-11-19-15-6-4-14(16)5-7-15/h4-7,13,17-18H,2-3,8-12H2,1H3. The van der Waals surface area contributed by atoms with Gasteiger partial charge in [0.1, 0.15) is 12.4 Å². The van der Waals surface area contributed by atoms with E-state index in [1.807, 2.05) is 24.3 Å². The van der Waals surface area contributed by atoms with Crippen molar-refractivity contribution in [2.24, 2.45) is 5.92 Å². The molecular formula is C15H24BrNO2. The van der Waals surface area contributed by atoms with Crippen LogP contribution in [0.25, 0.3) is 0 Å². The Hall–Kier alpha value is -0.580. The third kappa shape index (κ3) is 7.55.